The van der Waals surface area contributed by atoms with E-state index in [0.29, 0.717) is 0 Å². The zero-order chi connectivity index (χ0) is 13.9. The van der Waals surface area contributed by atoms with Gasteiger partial charge in [0.15, 0.2) is 0 Å². The summed E-state index contributed by atoms with van der Waals surface area (Å²) >= 11 is 1.67. The van der Waals surface area contributed by atoms with Crippen LogP contribution in [-0.4, -0.2) is 31.1 Å². The van der Waals surface area contributed by atoms with Gasteiger partial charge in [-0.05, 0) is 40.9 Å². The molecule has 0 aliphatic carbocycles. The lowest BCUT2D eigenvalue weighted by atomic mass is 9.97. The van der Waals surface area contributed by atoms with Gasteiger partial charge in [-0.1, -0.05) is 12.1 Å². The van der Waals surface area contributed by atoms with E-state index in [9.17, 15) is 4.39 Å². The average Bonchev–Trinajstić information content (AvgIpc) is 2.97. The first-order chi connectivity index (χ1) is 9.75. The van der Waals surface area contributed by atoms with Crippen molar-refractivity contribution >= 4 is 23.7 Å². The predicted molar refractivity (Wildman–Crippen MR) is 89.0 cm³/mol. The average molecular weight is 327 g/mol. The number of rotatable bonds is 3. The van der Waals surface area contributed by atoms with E-state index < -0.39 is 0 Å². The van der Waals surface area contributed by atoms with Crippen LogP contribution in [0.3, 0.4) is 0 Å². The molecule has 114 valence electrons. The van der Waals surface area contributed by atoms with E-state index in [-0.39, 0.29) is 24.3 Å². The summed E-state index contributed by atoms with van der Waals surface area (Å²) in [5.74, 6) is -0.0975. The lowest BCUT2D eigenvalue weighted by Gasteiger charge is -2.35. The van der Waals surface area contributed by atoms with Crippen molar-refractivity contribution in [3.05, 3.63) is 57.5 Å². The first-order valence-electron chi connectivity index (χ1n) is 6.98. The molecule has 1 N–H and O–H groups in total. The fraction of sp³-hybridized carbons (Fsp3) is 0.375. The highest BCUT2D eigenvalue weighted by molar-refractivity contribution is 7.08. The van der Waals surface area contributed by atoms with Crippen LogP contribution in [0.4, 0.5) is 4.39 Å². The molecule has 1 saturated heterocycles. The number of nitrogens with zero attached hydrogens (tertiary/aromatic N) is 1. The Morgan fingerprint density at radius 2 is 2.00 bits per heavy atom. The van der Waals surface area contributed by atoms with E-state index in [1.54, 1.807) is 17.4 Å². The molecule has 2 heterocycles. The van der Waals surface area contributed by atoms with E-state index in [0.717, 1.165) is 37.3 Å². The number of halogens is 2. The largest absolute Gasteiger partial charge is 0.314 e. The molecule has 0 saturated carbocycles. The van der Waals surface area contributed by atoms with Crippen molar-refractivity contribution in [2.75, 3.05) is 26.2 Å². The molecular formula is C16H20ClFN2S. The Balaban J connectivity index is 0.00000161. The lowest BCUT2D eigenvalue weighted by Crippen LogP contribution is -2.45. The minimum absolute atomic E-state index is 0. The number of hydrogen-bond donors (Lipinski definition) is 1. The van der Waals surface area contributed by atoms with Crippen LogP contribution in [0.15, 0.2) is 35.0 Å². The molecule has 21 heavy (non-hydrogen) atoms. The molecule has 2 nitrogen and oxygen atoms in total. The number of benzene rings is 1. The van der Waals surface area contributed by atoms with Gasteiger partial charge in [0.1, 0.15) is 5.82 Å². The first kappa shape index (κ1) is 16.4. The predicted octanol–water partition coefficient (Wildman–Crippen LogP) is 3.61. The topological polar surface area (TPSA) is 15.3 Å². The van der Waals surface area contributed by atoms with Crippen molar-refractivity contribution in [3.8, 4) is 0 Å². The van der Waals surface area contributed by atoms with Crippen LogP contribution in [0.25, 0.3) is 0 Å². The quantitative estimate of drug-likeness (QED) is 0.927. The van der Waals surface area contributed by atoms with Gasteiger partial charge in [0.2, 0.25) is 0 Å². The van der Waals surface area contributed by atoms with Gasteiger partial charge in [0.05, 0.1) is 6.04 Å². The summed E-state index contributed by atoms with van der Waals surface area (Å²) in [5.41, 5.74) is 2.95. The maximum absolute atomic E-state index is 14.4. The van der Waals surface area contributed by atoms with Crippen LogP contribution in [0.2, 0.25) is 0 Å². The fourth-order valence-corrected chi connectivity index (χ4v) is 3.49. The number of hydrogen-bond acceptors (Lipinski definition) is 3. The smallest absolute Gasteiger partial charge is 0.128 e. The molecule has 0 spiro atoms. The molecule has 1 aliphatic rings. The van der Waals surface area contributed by atoms with Gasteiger partial charge in [-0.2, -0.15) is 11.3 Å². The summed E-state index contributed by atoms with van der Waals surface area (Å²) in [7, 11) is 0. The van der Waals surface area contributed by atoms with Crippen LogP contribution in [0.5, 0.6) is 0 Å². The third-order valence-electron chi connectivity index (χ3n) is 3.83. The van der Waals surface area contributed by atoms with Crippen molar-refractivity contribution < 1.29 is 4.39 Å². The van der Waals surface area contributed by atoms with Gasteiger partial charge >= 0.3 is 0 Å². The van der Waals surface area contributed by atoms with Crippen LogP contribution in [0.1, 0.15) is 22.7 Å². The van der Waals surface area contributed by atoms with Gasteiger partial charge < -0.3 is 5.32 Å². The maximum Gasteiger partial charge on any atom is 0.128 e. The van der Waals surface area contributed by atoms with Crippen molar-refractivity contribution in [2.24, 2.45) is 0 Å². The second-order valence-corrected chi connectivity index (χ2v) is 6.05. The first-order valence-corrected chi connectivity index (χ1v) is 7.93. The highest BCUT2D eigenvalue weighted by atomic mass is 35.5. The second kappa shape index (κ2) is 7.36. The minimum Gasteiger partial charge on any atom is -0.314 e. The Kier molecular flexibility index (Phi) is 5.76. The molecule has 1 fully saturated rings. The van der Waals surface area contributed by atoms with E-state index >= 15 is 0 Å². The molecule has 5 heteroatoms. The number of thiophene rings is 1. The van der Waals surface area contributed by atoms with E-state index in [1.165, 1.54) is 5.56 Å². The zero-order valence-electron chi connectivity index (χ0n) is 12.0. The number of aryl methyl sites for hydroxylation is 1. The maximum atomic E-state index is 14.4. The second-order valence-electron chi connectivity index (χ2n) is 5.27. The van der Waals surface area contributed by atoms with Gasteiger partial charge in [0, 0.05) is 31.7 Å². The molecular weight excluding hydrogens is 307 g/mol. The van der Waals surface area contributed by atoms with Crippen LogP contribution in [-0.2, 0) is 0 Å². The van der Waals surface area contributed by atoms with Crippen molar-refractivity contribution in [2.45, 2.75) is 13.0 Å². The fourth-order valence-electron chi connectivity index (χ4n) is 2.81. The SMILES string of the molecule is Cc1ccc([C@@H](c2ccsc2)N2CCNCC2)c(F)c1.Cl. The Morgan fingerprint density at radius 1 is 1.24 bits per heavy atom. The lowest BCUT2D eigenvalue weighted by molar-refractivity contribution is 0.195. The summed E-state index contributed by atoms with van der Waals surface area (Å²) < 4.78 is 14.4. The van der Waals surface area contributed by atoms with Crippen LogP contribution < -0.4 is 5.32 Å². The molecule has 0 bridgehead atoms. The Bertz CT molecular complexity index is 568. The summed E-state index contributed by atoms with van der Waals surface area (Å²) in [4.78, 5) is 2.37. The molecule has 1 atom stereocenters. The van der Waals surface area contributed by atoms with E-state index in [1.807, 2.05) is 19.1 Å². The Labute approximate surface area is 135 Å². The van der Waals surface area contributed by atoms with Crippen molar-refractivity contribution in [1.82, 2.24) is 10.2 Å². The third kappa shape index (κ3) is 3.64. The highest BCUT2D eigenvalue weighted by Crippen LogP contribution is 2.32. The molecule has 3 rings (SSSR count). The zero-order valence-corrected chi connectivity index (χ0v) is 13.6. The highest BCUT2D eigenvalue weighted by Gasteiger charge is 2.26. The standard InChI is InChI=1S/C16H19FN2S.ClH/c1-12-2-3-14(15(17)10-12)16(13-4-9-20-11-13)19-7-5-18-6-8-19;/h2-4,9-11,16,18H,5-8H2,1H3;1H/t16-;/m1./s1. The number of nitrogens with one attached hydrogen (secondary N) is 1. The summed E-state index contributed by atoms with van der Waals surface area (Å²) in [6.45, 7) is 5.77. The normalized spacial score (nSPS) is 17.2. The van der Waals surface area contributed by atoms with Gasteiger partial charge in [-0.3, -0.25) is 4.90 Å². The van der Waals surface area contributed by atoms with Crippen molar-refractivity contribution in [1.29, 1.82) is 0 Å². The Hall–Kier alpha value is -0.940. The molecule has 0 unspecified atom stereocenters. The third-order valence-corrected chi connectivity index (χ3v) is 4.53. The molecule has 1 aliphatic heterocycles. The molecule has 0 amide bonds. The molecule has 0 radical (unpaired) electrons. The van der Waals surface area contributed by atoms with E-state index in [4.69, 9.17) is 0 Å². The summed E-state index contributed by atoms with van der Waals surface area (Å²) in [5, 5.41) is 7.55. The summed E-state index contributed by atoms with van der Waals surface area (Å²) in [6.07, 6.45) is 0. The molecule has 1 aromatic carbocycles. The number of piperazine rings is 1. The van der Waals surface area contributed by atoms with Gasteiger partial charge in [0.25, 0.3) is 0 Å². The van der Waals surface area contributed by atoms with Crippen LogP contribution in [0, 0.1) is 12.7 Å². The summed E-state index contributed by atoms with van der Waals surface area (Å²) in [6, 6.07) is 7.71. The molecule has 1 aromatic heterocycles. The van der Waals surface area contributed by atoms with Gasteiger partial charge in [-0.15, -0.1) is 12.4 Å². The van der Waals surface area contributed by atoms with Crippen molar-refractivity contribution in [3.63, 3.8) is 0 Å². The monoisotopic (exact) mass is 326 g/mol. The molecule has 2 aromatic rings. The van der Waals surface area contributed by atoms with Crippen LogP contribution >= 0.6 is 23.7 Å². The minimum atomic E-state index is -0.0975. The van der Waals surface area contributed by atoms with E-state index in [2.05, 4.69) is 27.0 Å². The Morgan fingerprint density at radius 3 is 2.62 bits per heavy atom. The van der Waals surface area contributed by atoms with Gasteiger partial charge in [-0.25, -0.2) is 4.39 Å².